The molecule has 0 aromatic rings. The summed E-state index contributed by atoms with van der Waals surface area (Å²) in [7, 11) is 0. The van der Waals surface area contributed by atoms with E-state index in [4.69, 9.17) is 18.9 Å². The zero-order valence-electron chi connectivity index (χ0n) is 20.6. The second kappa shape index (κ2) is 20.6. The van der Waals surface area contributed by atoms with Crippen LogP contribution in [0, 0.1) is 0 Å². The highest BCUT2D eigenvalue weighted by Crippen LogP contribution is 2.04. The van der Waals surface area contributed by atoms with Gasteiger partial charge in [-0.2, -0.15) is 0 Å². The first-order valence-corrected chi connectivity index (χ1v) is 11.7. The molecule has 0 fully saturated rings. The van der Waals surface area contributed by atoms with Gasteiger partial charge in [0.05, 0.1) is 26.4 Å². The van der Waals surface area contributed by atoms with Crippen LogP contribution in [0.3, 0.4) is 0 Å². The molecule has 0 aliphatic carbocycles. The van der Waals surface area contributed by atoms with Gasteiger partial charge < -0.3 is 29.6 Å². The molecule has 0 saturated heterocycles. The maximum absolute atomic E-state index is 11.5. The van der Waals surface area contributed by atoms with Crippen molar-refractivity contribution < 1.29 is 38.1 Å². The van der Waals surface area contributed by atoms with Crippen LogP contribution in [0.2, 0.25) is 0 Å². The maximum Gasteiger partial charge on any atom is 0.407 e. The molecule has 34 heavy (non-hydrogen) atoms. The van der Waals surface area contributed by atoms with Crippen LogP contribution in [0.1, 0.15) is 65.2 Å². The molecule has 0 radical (unpaired) electrons. The monoisotopic (exact) mass is 484 g/mol. The third kappa shape index (κ3) is 19.6. The van der Waals surface area contributed by atoms with E-state index in [1.165, 1.54) is 0 Å². The van der Waals surface area contributed by atoms with E-state index in [9.17, 15) is 19.2 Å². The summed E-state index contributed by atoms with van der Waals surface area (Å²) in [5.74, 6) is -0.897. The normalized spacial score (nSPS) is 10.1. The number of carbonyl (C=O) groups is 4. The Balaban J connectivity index is 3.38. The first kappa shape index (κ1) is 31.0. The third-order valence-electron chi connectivity index (χ3n) is 4.35. The van der Waals surface area contributed by atoms with E-state index in [-0.39, 0.29) is 26.4 Å². The number of esters is 2. The predicted octanol–water partition coefficient (Wildman–Crippen LogP) is 3.80. The van der Waals surface area contributed by atoms with E-state index in [1.54, 1.807) is 13.8 Å². The zero-order chi connectivity index (χ0) is 25.6. The van der Waals surface area contributed by atoms with Gasteiger partial charge in [0.1, 0.15) is 0 Å². The summed E-state index contributed by atoms with van der Waals surface area (Å²) in [6.45, 7) is 11.9. The molecule has 0 aromatic carbocycles. The molecule has 0 saturated carbocycles. The lowest BCUT2D eigenvalue weighted by molar-refractivity contribution is -0.140. The van der Waals surface area contributed by atoms with Crippen molar-refractivity contribution in [1.82, 2.24) is 10.6 Å². The molecule has 0 heterocycles. The minimum Gasteiger partial charge on any atom is -0.462 e. The highest BCUT2D eigenvalue weighted by Gasteiger charge is 2.05. The lowest BCUT2D eigenvalue weighted by Crippen LogP contribution is -2.26. The van der Waals surface area contributed by atoms with Crippen LogP contribution < -0.4 is 10.6 Å². The molecular weight excluding hydrogens is 444 g/mol. The fraction of sp³-hybridized carbons (Fsp3) is 0.667. The van der Waals surface area contributed by atoms with Crippen molar-refractivity contribution in [2.45, 2.75) is 65.2 Å². The first-order chi connectivity index (χ1) is 16.2. The molecule has 0 atom stereocenters. The Labute approximate surface area is 202 Å². The molecular formula is C24H40N2O8. The van der Waals surface area contributed by atoms with Crippen LogP contribution >= 0.6 is 0 Å². The number of carbonyl (C=O) groups excluding carboxylic acids is 4. The van der Waals surface area contributed by atoms with Gasteiger partial charge in [-0.1, -0.05) is 38.8 Å². The molecule has 2 amide bonds. The van der Waals surface area contributed by atoms with Gasteiger partial charge in [0.25, 0.3) is 0 Å². The minimum atomic E-state index is -0.475. The van der Waals surface area contributed by atoms with E-state index in [2.05, 4.69) is 23.8 Å². The molecule has 0 unspecified atom stereocenters. The van der Waals surface area contributed by atoms with Crippen molar-refractivity contribution in [1.29, 1.82) is 0 Å². The molecule has 0 aromatic heterocycles. The van der Waals surface area contributed by atoms with Gasteiger partial charge in [-0.3, -0.25) is 0 Å². The van der Waals surface area contributed by atoms with E-state index < -0.39 is 24.1 Å². The van der Waals surface area contributed by atoms with Gasteiger partial charge in [0.15, 0.2) is 0 Å². The first-order valence-electron chi connectivity index (χ1n) is 11.7. The second-order valence-corrected chi connectivity index (χ2v) is 7.79. The summed E-state index contributed by atoms with van der Waals surface area (Å²) in [5.41, 5.74) is 0.674. The zero-order valence-corrected chi connectivity index (χ0v) is 20.6. The molecule has 0 spiro atoms. The van der Waals surface area contributed by atoms with Crippen molar-refractivity contribution in [3.05, 3.63) is 24.3 Å². The largest absolute Gasteiger partial charge is 0.462 e. The Bertz CT molecular complexity index is 607. The highest BCUT2D eigenvalue weighted by molar-refractivity contribution is 5.87. The van der Waals surface area contributed by atoms with Crippen LogP contribution in [0.4, 0.5) is 9.59 Å². The smallest absolute Gasteiger partial charge is 0.407 e. The molecule has 10 heteroatoms. The van der Waals surface area contributed by atoms with Gasteiger partial charge in [-0.25, -0.2) is 19.2 Å². The van der Waals surface area contributed by atoms with Gasteiger partial charge >= 0.3 is 24.1 Å². The summed E-state index contributed by atoms with van der Waals surface area (Å²) >= 11 is 0. The van der Waals surface area contributed by atoms with Crippen molar-refractivity contribution >= 4 is 24.1 Å². The van der Waals surface area contributed by atoms with E-state index in [0.29, 0.717) is 37.1 Å². The average Bonchev–Trinajstić information content (AvgIpc) is 2.79. The fourth-order valence-corrected chi connectivity index (χ4v) is 2.46. The molecule has 194 valence electrons. The molecule has 0 aliphatic heterocycles. The third-order valence-corrected chi connectivity index (χ3v) is 4.35. The molecule has 0 bridgehead atoms. The summed E-state index contributed by atoms with van der Waals surface area (Å²) in [6, 6.07) is 0. The van der Waals surface area contributed by atoms with Crippen molar-refractivity contribution in [2.75, 3.05) is 39.5 Å². The van der Waals surface area contributed by atoms with E-state index in [1.807, 2.05) is 0 Å². The number of nitrogens with one attached hydrogen (secondary N) is 2. The summed E-state index contributed by atoms with van der Waals surface area (Å²) in [4.78, 5) is 45.4. The number of alkyl carbamates (subject to hydrolysis) is 2. The number of hydrogen-bond acceptors (Lipinski definition) is 8. The predicted molar refractivity (Wildman–Crippen MR) is 127 cm³/mol. The highest BCUT2D eigenvalue weighted by atomic mass is 16.6. The lowest BCUT2D eigenvalue weighted by Gasteiger charge is -2.08. The Kier molecular flexibility index (Phi) is 18.7. The topological polar surface area (TPSA) is 129 Å². The van der Waals surface area contributed by atoms with Crippen molar-refractivity contribution in [3.8, 4) is 0 Å². The summed E-state index contributed by atoms with van der Waals surface area (Å²) in [5, 5.41) is 5.37. The fourth-order valence-electron chi connectivity index (χ4n) is 2.46. The van der Waals surface area contributed by atoms with Crippen LogP contribution in [-0.4, -0.2) is 63.6 Å². The standard InChI is InChI=1S/C24H40N2O8/c1-19(2)21(27)31-15-11-17-33-23(29)25-13-9-7-5-6-8-10-14-26-24(30)34-18-12-16-32-22(28)20(3)4/h1,3,5-18H2,2,4H3,(H,25,29)(H,26,30). The Morgan fingerprint density at radius 3 is 1.21 bits per heavy atom. The Morgan fingerprint density at radius 2 is 0.853 bits per heavy atom. The number of unbranched alkanes of at least 4 members (excludes halogenated alkanes) is 5. The molecule has 0 aliphatic rings. The number of rotatable bonds is 19. The van der Waals surface area contributed by atoms with E-state index >= 15 is 0 Å². The summed E-state index contributed by atoms with van der Waals surface area (Å²) in [6.07, 6.45) is 5.70. The number of amides is 2. The van der Waals surface area contributed by atoms with Gasteiger partial charge in [-0.15, -0.1) is 0 Å². The average molecular weight is 485 g/mol. The SMILES string of the molecule is C=C(C)C(=O)OCCCOC(=O)NCCCCCCCCNC(=O)OCCCOC(=O)C(=C)C. The second-order valence-electron chi connectivity index (χ2n) is 7.79. The number of hydrogen-bond donors (Lipinski definition) is 2. The van der Waals surface area contributed by atoms with Crippen LogP contribution in [0.25, 0.3) is 0 Å². The van der Waals surface area contributed by atoms with Crippen LogP contribution in [-0.2, 0) is 28.5 Å². The number of ether oxygens (including phenoxy) is 4. The molecule has 2 N–H and O–H groups in total. The maximum atomic E-state index is 11.5. The van der Waals surface area contributed by atoms with Gasteiger partial charge in [0, 0.05) is 37.1 Å². The Hall–Kier alpha value is -3.04. The quantitative estimate of drug-likeness (QED) is 0.123. The van der Waals surface area contributed by atoms with Crippen molar-refractivity contribution in [2.24, 2.45) is 0 Å². The summed E-state index contributed by atoms with van der Waals surface area (Å²) < 4.78 is 19.8. The van der Waals surface area contributed by atoms with Crippen LogP contribution in [0.15, 0.2) is 24.3 Å². The van der Waals surface area contributed by atoms with Gasteiger partial charge in [0.2, 0.25) is 0 Å². The van der Waals surface area contributed by atoms with Crippen LogP contribution in [0.5, 0.6) is 0 Å². The minimum absolute atomic E-state index is 0.182. The van der Waals surface area contributed by atoms with Gasteiger partial charge in [-0.05, 0) is 26.7 Å². The Morgan fingerprint density at radius 1 is 0.529 bits per heavy atom. The molecule has 10 nitrogen and oxygen atoms in total. The van der Waals surface area contributed by atoms with E-state index in [0.717, 1.165) is 38.5 Å². The lowest BCUT2D eigenvalue weighted by atomic mass is 10.1. The molecule has 0 rings (SSSR count). The van der Waals surface area contributed by atoms with Crippen molar-refractivity contribution in [3.63, 3.8) is 0 Å².